The minimum atomic E-state index is 0.651. The Bertz CT molecular complexity index is 760. The van der Waals surface area contributed by atoms with Crippen molar-refractivity contribution in [3.8, 4) is 0 Å². The van der Waals surface area contributed by atoms with E-state index < -0.39 is 0 Å². The van der Waals surface area contributed by atoms with Gasteiger partial charge in [-0.25, -0.2) is 9.97 Å². The number of aromatic nitrogens is 3. The van der Waals surface area contributed by atoms with Gasteiger partial charge in [0, 0.05) is 20.3 Å². The van der Waals surface area contributed by atoms with Crippen LogP contribution in [0.15, 0.2) is 33.9 Å². The topological polar surface area (TPSA) is 41.6 Å². The lowest BCUT2D eigenvalue weighted by Crippen LogP contribution is -1.85. The smallest absolute Gasteiger partial charge is 0.178 e. The lowest BCUT2D eigenvalue weighted by atomic mass is 10.2. The fourth-order valence-corrected chi connectivity index (χ4v) is 3.80. The Balaban J connectivity index is 1.85. The summed E-state index contributed by atoms with van der Waals surface area (Å²) in [5.41, 5.74) is 3.44. The Morgan fingerprint density at radius 2 is 1.95 bits per heavy atom. The Morgan fingerprint density at radius 3 is 2.67 bits per heavy atom. The molecule has 3 aromatic rings. The minimum absolute atomic E-state index is 0.651. The average molecular weight is 403 g/mol. The van der Waals surface area contributed by atoms with Gasteiger partial charge in [-0.1, -0.05) is 41.0 Å². The van der Waals surface area contributed by atoms with Crippen molar-refractivity contribution in [3.63, 3.8) is 0 Å². The highest BCUT2D eigenvalue weighted by Gasteiger charge is 2.10. The van der Waals surface area contributed by atoms with Crippen LogP contribution in [0, 0.1) is 6.92 Å². The van der Waals surface area contributed by atoms with Crippen molar-refractivity contribution in [2.24, 2.45) is 0 Å². The summed E-state index contributed by atoms with van der Waals surface area (Å²) in [6.07, 6.45) is 0. The highest BCUT2D eigenvalue weighted by Crippen LogP contribution is 2.31. The Labute approximate surface area is 144 Å². The number of hydrogen-bond donors (Lipinski definition) is 1. The molecule has 2 aromatic heterocycles. The zero-order valence-corrected chi connectivity index (χ0v) is 14.9. The van der Waals surface area contributed by atoms with E-state index in [9.17, 15) is 0 Å². The number of H-pyrrole nitrogens is 1. The SMILES string of the molecule is Cc1nc2nc(SCc3c(Cl)cccc3Cl)[nH]c2cc1Br. The van der Waals surface area contributed by atoms with Gasteiger partial charge in [-0.05, 0) is 46.6 Å². The molecule has 0 radical (unpaired) electrons. The Kier molecular flexibility index (Phi) is 4.45. The van der Waals surface area contributed by atoms with E-state index >= 15 is 0 Å². The van der Waals surface area contributed by atoms with E-state index in [1.165, 1.54) is 0 Å². The number of aryl methyl sites for hydroxylation is 1. The van der Waals surface area contributed by atoms with Crippen LogP contribution in [0.1, 0.15) is 11.3 Å². The first kappa shape index (κ1) is 15.2. The third kappa shape index (κ3) is 3.21. The molecular formula is C14H10BrCl2N3S. The van der Waals surface area contributed by atoms with Crippen molar-refractivity contribution < 1.29 is 0 Å². The number of halogens is 3. The molecular weight excluding hydrogens is 393 g/mol. The first-order chi connectivity index (χ1) is 10.0. The second-order valence-corrected chi connectivity index (χ2v) is 7.09. The summed E-state index contributed by atoms with van der Waals surface area (Å²) >= 11 is 17.4. The number of pyridine rings is 1. The van der Waals surface area contributed by atoms with Gasteiger partial charge in [0.05, 0.1) is 11.2 Å². The van der Waals surface area contributed by atoms with Gasteiger partial charge < -0.3 is 4.98 Å². The molecule has 1 N–H and O–H groups in total. The summed E-state index contributed by atoms with van der Waals surface area (Å²) < 4.78 is 0.962. The molecule has 0 bridgehead atoms. The zero-order valence-electron chi connectivity index (χ0n) is 11.0. The number of aromatic amines is 1. The third-order valence-corrected chi connectivity index (χ3v) is 5.41. The predicted octanol–water partition coefficient (Wildman–Crippen LogP) is 5.63. The maximum absolute atomic E-state index is 6.17. The first-order valence-corrected chi connectivity index (χ1v) is 8.66. The van der Waals surface area contributed by atoms with Gasteiger partial charge in [0.2, 0.25) is 0 Å². The highest BCUT2D eigenvalue weighted by atomic mass is 79.9. The largest absolute Gasteiger partial charge is 0.331 e. The monoisotopic (exact) mass is 401 g/mol. The summed E-state index contributed by atoms with van der Waals surface area (Å²) in [5, 5.41) is 2.14. The Hall–Kier alpha value is -0.750. The van der Waals surface area contributed by atoms with E-state index in [4.69, 9.17) is 23.2 Å². The molecule has 0 amide bonds. The molecule has 7 heteroatoms. The van der Waals surface area contributed by atoms with Crippen LogP contribution < -0.4 is 0 Å². The number of benzene rings is 1. The predicted molar refractivity (Wildman–Crippen MR) is 92.3 cm³/mol. The van der Waals surface area contributed by atoms with Gasteiger partial charge in [0.1, 0.15) is 0 Å². The summed E-state index contributed by atoms with van der Waals surface area (Å²) in [6, 6.07) is 7.50. The molecule has 0 fully saturated rings. The van der Waals surface area contributed by atoms with Crippen molar-refractivity contribution in [1.29, 1.82) is 0 Å². The van der Waals surface area contributed by atoms with E-state index in [-0.39, 0.29) is 0 Å². The summed E-state index contributed by atoms with van der Waals surface area (Å²) in [5.74, 6) is 0.651. The van der Waals surface area contributed by atoms with E-state index in [2.05, 4.69) is 30.9 Å². The standard InChI is InChI=1S/C14H10BrCl2N3S/c1-7-9(15)5-12-13(18-7)20-14(19-12)21-6-8-10(16)3-2-4-11(8)17/h2-5H,6H2,1H3,(H,18,19,20). The highest BCUT2D eigenvalue weighted by molar-refractivity contribution is 9.10. The van der Waals surface area contributed by atoms with Crippen LogP contribution >= 0.6 is 50.9 Å². The number of hydrogen-bond acceptors (Lipinski definition) is 3. The number of rotatable bonds is 3. The van der Waals surface area contributed by atoms with Crippen LogP contribution in [-0.2, 0) is 5.75 Å². The minimum Gasteiger partial charge on any atom is -0.331 e. The van der Waals surface area contributed by atoms with Gasteiger partial charge in [-0.2, -0.15) is 0 Å². The number of imidazole rings is 1. The molecule has 21 heavy (non-hydrogen) atoms. The third-order valence-electron chi connectivity index (χ3n) is 3.00. The molecule has 2 heterocycles. The molecule has 0 saturated carbocycles. The fourth-order valence-electron chi connectivity index (χ4n) is 1.86. The number of fused-ring (bicyclic) bond motifs is 1. The second kappa shape index (κ2) is 6.16. The molecule has 0 aliphatic carbocycles. The maximum Gasteiger partial charge on any atom is 0.178 e. The van der Waals surface area contributed by atoms with Crippen LogP contribution in [0.2, 0.25) is 10.0 Å². The molecule has 0 unspecified atom stereocenters. The first-order valence-electron chi connectivity index (χ1n) is 6.13. The van der Waals surface area contributed by atoms with Gasteiger partial charge in [-0.3, -0.25) is 0 Å². The van der Waals surface area contributed by atoms with E-state index in [0.717, 1.165) is 26.4 Å². The van der Waals surface area contributed by atoms with E-state index in [1.54, 1.807) is 11.8 Å². The lowest BCUT2D eigenvalue weighted by molar-refractivity contribution is 1.07. The molecule has 108 valence electrons. The zero-order chi connectivity index (χ0) is 15.0. The summed E-state index contributed by atoms with van der Waals surface area (Å²) in [6.45, 7) is 1.94. The quantitative estimate of drug-likeness (QED) is 0.577. The molecule has 3 rings (SSSR count). The molecule has 0 aliphatic rings. The molecule has 3 nitrogen and oxygen atoms in total. The lowest BCUT2D eigenvalue weighted by Gasteiger charge is -2.04. The van der Waals surface area contributed by atoms with Crippen LogP contribution in [0.25, 0.3) is 11.2 Å². The van der Waals surface area contributed by atoms with Crippen LogP contribution in [0.5, 0.6) is 0 Å². The number of nitrogens with one attached hydrogen (secondary N) is 1. The molecule has 0 aliphatic heterocycles. The summed E-state index contributed by atoms with van der Waals surface area (Å²) in [4.78, 5) is 12.2. The maximum atomic E-state index is 6.17. The van der Waals surface area contributed by atoms with Crippen molar-refractivity contribution in [2.75, 3.05) is 0 Å². The van der Waals surface area contributed by atoms with Crippen LogP contribution in [-0.4, -0.2) is 15.0 Å². The van der Waals surface area contributed by atoms with Gasteiger partial charge in [-0.15, -0.1) is 0 Å². The van der Waals surface area contributed by atoms with Crippen LogP contribution in [0.4, 0.5) is 0 Å². The van der Waals surface area contributed by atoms with Crippen molar-refractivity contribution >= 4 is 62.1 Å². The van der Waals surface area contributed by atoms with E-state index in [0.29, 0.717) is 21.4 Å². The molecule has 1 aromatic carbocycles. The molecule has 0 spiro atoms. The van der Waals surface area contributed by atoms with Gasteiger partial charge >= 0.3 is 0 Å². The average Bonchev–Trinajstić information content (AvgIpc) is 2.80. The number of nitrogens with zero attached hydrogens (tertiary/aromatic N) is 2. The number of thioether (sulfide) groups is 1. The van der Waals surface area contributed by atoms with Crippen molar-refractivity contribution in [3.05, 3.63) is 50.0 Å². The molecule has 0 saturated heterocycles. The van der Waals surface area contributed by atoms with Crippen molar-refractivity contribution in [2.45, 2.75) is 17.8 Å². The van der Waals surface area contributed by atoms with Gasteiger partial charge in [0.25, 0.3) is 0 Å². The van der Waals surface area contributed by atoms with Crippen molar-refractivity contribution in [1.82, 2.24) is 15.0 Å². The summed E-state index contributed by atoms with van der Waals surface area (Å²) in [7, 11) is 0. The Morgan fingerprint density at radius 1 is 1.24 bits per heavy atom. The normalized spacial score (nSPS) is 11.2. The van der Waals surface area contributed by atoms with E-state index in [1.807, 2.05) is 31.2 Å². The van der Waals surface area contributed by atoms with Gasteiger partial charge in [0.15, 0.2) is 10.8 Å². The fraction of sp³-hybridized carbons (Fsp3) is 0.143. The van der Waals surface area contributed by atoms with Crippen LogP contribution in [0.3, 0.4) is 0 Å². The molecule has 0 atom stereocenters. The second-order valence-electron chi connectivity index (χ2n) is 4.46.